The lowest BCUT2D eigenvalue weighted by Gasteiger charge is -2.30. The van der Waals surface area contributed by atoms with Crippen molar-refractivity contribution in [3.05, 3.63) is 64.6 Å². The SMILES string of the molecule is CCOC(=O)CC(c1ccc(OC)c([C@@H](C)N2CC=C(O)OS2(=O)=O)c1)c1ccc2c(nnn2CCCCBr)c1C. The molecule has 0 bridgehead atoms. The third kappa shape index (κ3) is 6.68. The van der Waals surface area contributed by atoms with Crippen molar-refractivity contribution in [1.82, 2.24) is 19.3 Å². The van der Waals surface area contributed by atoms with Crippen LogP contribution < -0.4 is 4.74 Å². The molecule has 222 valence electrons. The van der Waals surface area contributed by atoms with Gasteiger partial charge in [0.05, 0.1) is 31.7 Å². The number of carbonyl (C=O) groups is 1. The van der Waals surface area contributed by atoms with E-state index in [1.54, 1.807) is 19.9 Å². The van der Waals surface area contributed by atoms with Crippen molar-refractivity contribution < 1.29 is 32.0 Å². The molecule has 2 atom stereocenters. The van der Waals surface area contributed by atoms with Crippen molar-refractivity contribution in [3.63, 3.8) is 0 Å². The van der Waals surface area contributed by atoms with E-state index >= 15 is 0 Å². The standard InChI is InChI=1S/C28H35BrN4O7S/c1-5-39-27(35)17-23(21-9-10-24-28(18(21)2)30-31-32(24)14-7-6-13-29)20-8-11-25(38-4)22(16-20)19(3)33-15-12-26(34)40-41(33,36)37/h8-12,16,19,23,34H,5-7,13-15,17H2,1-4H3/t19-,23?/m1/s1. The van der Waals surface area contributed by atoms with Crippen LogP contribution >= 0.6 is 15.9 Å². The first-order chi connectivity index (χ1) is 19.6. The highest BCUT2D eigenvalue weighted by atomic mass is 79.9. The molecule has 0 saturated heterocycles. The van der Waals surface area contributed by atoms with Crippen molar-refractivity contribution in [2.75, 3.05) is 25.6 Å². The molecule has 0 saturated carbocycles. The number of halogens is 1. The van der Waals surface area contributed by atoms with Crippen LogP contribution in [0.15, 0.2) is 42.4 Å². The van der Waals surface area contributed by atoms with Gasteiger partial charge in [-0.05, 0) is 68.5 Å². The molecule has 1 aromatic heterocycles. The molecule has 2 aromatic carbocycles. The van der Waals surface area contributed by atoms with Gasteiger partial charge < -0.3 is 18.8 Å². The van der Waals surface area contributed by atoms with Gasteiger partial charge in [0, 0.05) is 36.0 Å². The Morgan fingerprint density at radius 3 is 2.68 bits per heavy atom. The molecular weight excluding hydrogens is 616 g/mol. The number of rotatable bonds is 12. The molecule has 2 heterocycles. The van der Waals surface area contributed by atoms with Gasteiger partial charge in [0.1, 0.15) is 11.3 Å². The smallest absolute Gasteiger partial charge is 0.388 e. The summed E-state index contributed by atoms with van der Waals surface area (Å²) in [6.45, 7) is 6.38. The third-order valence-corrected chi connectivity index (χ3v) is 9.23. The molecule has 1 aliphatic rings. The molecule has 3 aromatic rings. The fraction of sp³-hybridized carbons (Fsp3) is 0.464. The molecule has 0 fully saturated rings. The number of methoxy groups -OCH3 is 1. The largest absolute Gasteiger partial charge is 0.496 e. The number of fused-ring (bicyclic) bond motifs is 1. The summed E-state index contributed by atoms with van der Waals surface area (Å²) in [6.07, 6.45) is 3.35. The lowest BCUT2D eigenvalue weighted by molar-refractivity contribution is -0.143. The fourth-order valence-corrected chi connectivity index (χ4v) is 6.66. The van der Waals surface area contributed by atoms with Crippen LogP contribution in [0.2, 0.25) is 0 Å². The van der Waals surface area contributed by atoms with E-state index in [0.717, 1.165) is 56.7 Å². The number of nitrogens with zero attached hydrogens (tertiary/aromatic N) is 4. The van der Waals surface area contributed by atoms with Crippen LogP contribution in [0.4, 0.5) is 0 Å². The normalized spacial score (nSPS) is 16.6. The number of ether oxygens (including phenoxy) is 2. The van der Waals surface area contributed by atoms with E-state index in [1.807, 2.05) is 35.9 Å². The summed E-state index contributed by atoms with van der Waals surface area (Å²) in [5, 5.41) is 19.3. The first kappa shape index (κ1) is 30.8. The molecule has 1 aliphatic heterocycles. The van der Waals surface area contributed by atoms with Crippen molar-refractivity contribution in [3.8, 4) is 5.75 Å². The number of aryl methyl sites for hydroxylation is 2. The van der Waals surface area contributed by atoms with E-state index < -0.39 is 28.2 Å². The maximum absolute atomic E-state index is 12.8. The molecule has 1 unspecified atom stereocenters. The summed E-state index contributed by atoms with van der Waals surface area (Å²) in [5.41, 5.74) is 4.84. The van der Waals surface area contributed by atoms with E-state index in [-0.39, 0.29) is 25.5 Å². The number of aliphatic hydroxyl groups is 1. The van der Waals surface area contributed by atoms with Gasteiger partial charge in [0.2, 0.25) is 0 Å². The maximum Gasteiger partial charge on any atom is 0.388 e. The van der Waals surface area contributed by atoms with Crippen LogP contribution in [0.3, 0.4) is 0 Å². The zero-order valence-corrected chi connectivity index (χ0v) is 25.9. The van der Waals surface area contributed by atoms with Gasteiger partial charge in [-0.2, -0.15) is 12.7 Å². The van der Waals surface area contributed by atoms with Gasteiger partial charge in [-0.3, -0.25) is 4.79 Å². The zero-order valence-electron chi connectivity index (χ0n) is 23.5. The van der Waals surface area contributed by atoms with Gasteiger partial charge in [-0.25, -0.2) is 4.68 Å². The number of esters is 1. The number of hydrogen-bond acceptors (Lipinski definition) is 9. The molecule has 41 heavy (non-hydrogen) atoms. The lowest BCUT2D eigenvalue weighted by Crippen LogP contribution is -2.38. The van der Waals surface area contributed by atoms with Gasteiger partial charge in [-0.1, -0.05) is 33.3 Å². The van der Waals surface area contributed by atoms with Crippen molar-refractivity contribution in [2.24, 2.45) is 0 Å². The number of benzene rings is 2. The Kier molecular flexibility index (Phi) is 9.92. The van der Waals surface area contributed by atoms with Gasteiger partial charge in [-0.15, -0.1) is 5.10 Å². The fourth-order valence-electron chi connectivity index (χ4n) is 5.13. The number of carbonyl (C=O) groups excluding carboxylic acids is 1. The Balaban J connectivity index is 1.78. The van der Waals surface area contributed by atoms with E-state index in [1.165, 1.54) is 13.2 Å². The summed E-state index contributed by atoms with van der Waals surface area (Å²) in [6, 6.07) is 8.75. The van der Waals surface area contributed by atoms with Crippen LogP contribution in [0, 0.1) is 6.92 Å². The number of unbranched alkanes of at least 4 members (excludes halogenated alkanes) is 1. The Bertz CT molecular complexity index is 1540. The second-order valence-corrected chi connectivity index (χ2v) is 12.0. The van der Waals surface area contributed by atoms with E-state index in [4.69, 9.17) is 13.7 Å². The zero-order chi connectivity index (χ0) is 29.7. The van der Waals surface area contributed by atoms with E-state index in [0.29, 0.717) is 11.3 Å². The third-order valence-electron chi connectivity index (χ3n) is 7.25. The molecule has 0 aliphatic carbocycles. The number of hydrogen-bond donors (Lipinski definition) is 1. The summed E-state index contributed by atoms with van der Waals surface area (Å²) in [4.78, 5) is 12.8. The Hall–Kier alpha value is -3.16. The van der Waals surface area contributed by atoms with Crippen LogP contribution in [0.1, 0.15) is 67.3 Å². The molecule has 13 heteroatoms. The number of aromatic nitrogens is 3. The molecule has 1 N–H and O–H groups in total. The van der Waals surface area contributed by atoms with Crippen molar-refractivity contribution in [2.45, 2.75) is 58.5 Å². The van der Waals surface area contributed by atoms with Crippen LogP contribution in [-0.4, -0.2) is 64.4 Å². The highest BCUT2D eigenvalue weighted by molar-refractivity contribution is 9.09. The highest BCUT2D eigenvalue weighted by Crippen LogP contribution is 2.39. The topological polar surface area (TPSA) is 133 Å². The average Bonchev–Trinajstić information content (AvgIpc) is 3.35. The summed E-state index contributed by atoms with van der Waals surface area (Å²) in [7, 11) is -2.72. The van der Waals surface area contributed by atoms with Crippen molar-refractivity contribution >= 4 is 43.2 Å². The summed E-state index contributed by atoms with van der Waals surface area (Å²) in [5.74, 6) is -0.946. The predicted octanol–water partition coefficient (Wildman–Crippen LogP) is 5.05. The quantitative estimate of drug-likeness (QED) is 0.162. The average molecular weight is 652 g/mol. The highest BCUT2D eigenvalue weighted by Gasteiger charge is 2.35. The van der Waals surface area contributed by atoms with Crippen LogP contribution in [-0.2, 0) is 30.6 Å². The predicted molar refractivity (Wildman–Crippen MR) is 157 cm³/mol. The molecule has 4 rings (SSSR count). The van der Waals surface area contributed by atoms with Crippen molar-refractivity contribution in [1.29, 1.82) is 0 Å². The Labute approximate surface area is 248 Å². The first-order valence-corrected chi connectivity index (χ1v) is 15.9. The second-order valence-electron chi connectivity index (χ2n) is 9.75. The monoisotopic (exact) mass is 650 g/mol. The summed E-state index contributed by atoms with van der Waals surface area (Å²) < 4.78 is 44.1. The molecular formula is C28H35BrN4O7S. The van der Waals surface area contributed by atoms with Crippen LogP contribution in [0.25, 0.3) is 11.0 Å². The number of alkyl halides is 1. The van der Waals surface area contributed by atoms with E-state index in [2.05, 4.69) is 26.2 Å². The maximum atomic E-state index is 12.8. The van der Waals surface area contributed by atoms with Gasteiger partial charge in [0.25, 0.3) is 5.95 Å². The minimum Gasteiger partial charge on any atom is -0.496 e. The van der Waals surface area contributed by atoms with Gasteiger partial charge in [0.15, 0.2) is 0 Å². The first-order valence-electron chi connectivity index (χ1n) is 13.4. The van der Waals surface area contributed by atoms with Crippen LogP contribution in [0.5, 0.6) is 5.75 Å². The molecule has 11 nitrogen and oxygen atoms in total. The molecule has 0 radical (unpaired) electrons. The number of aliphatic hydroxyl groups excluding tert-OH is 1. The van der Waals surface area contributed by atoms with Gasteiger partial charge >= 0.3 is 16.3 Å². The minimum absolute atomic E-state index is 0.0709. The second kappa shape index (κ2) is 13.2. The molecule has 0 amide bonds. The minimum atomic E-state index is -4.23. The Morgan fingerprint density at radius 2 is 2.00 bits per heavy atom. The van der Waals surface area contributed by atoms with E-state index in [9.17, 15) is 18.3 Å². The molecule has 0 spiro atoms. The Morgan fingerprint density at radius 1 is 1.22 bits per heavy atom. The lowest BCUT2D eigenvalue weighted by atomic mass is 9.84. The summed E-state index contributed by atoms with van der Waals surface area (Å²) >= 11 is 3.46.